The number of hydrogen-bond donors (Lipinski definition) is 1. The first-order valence-corrected chi connectivity index (χ1v) is 7.68. The van der Waals surface area contributed by atoms with Crippen molar-refractivity contribution in [3.8, 4) is 0 Å². The second kappa shape index (κ2) is 6.23. The van der Waals surface area contributed by atoms with Crippen LogP contribution in [0.2, 0.25) is 0 Å². The first-order chi connectivity index (χ1) is 9.09. The van der Waals surface area contributed by atoms with Crippen LogP contribution in [-0.4, -0.2) is 48.7 Å². The Morgan fingerprint density at radius 1 is 1.42 bits per heavy atom. The maximum absolute atomic E-state index is 12.2. The van der Waals surface area contributed by atoms with Crippen molar-refractivity contribution in [2.45, 2.75) is 70.0 Å². The van der Waals surface area contributed by atoms with E-state index in [0.717, 1.165) is 32.2 Å². The van der Waals surface area contributed by atoms with E-state index in [1.54, 1.807) is 0 Å². The van der Waals surface area contributed by atoms with E-state index in [0.29, 0.717) is 12.1 Å². The lowest BCUT2D eigenvalue weighted by molar-refractivity contribution is -0.150. The van der Waals surface area contributed by atoms with Crippen molar-refractivity contribution in [2.75, 3.05) is 20.2 Å². The maximum Gasteiger partial charge on any atom is 0.326 e. The molecule has 110 valence electrons. The number of esters is 1. The standard InChI is InChI=1S/C15H28N2O2/c1-12(2)17-10-6-7-13(17)11-15(14(18)19-3)8-4-5-9-16-15/h12-13,16H,4-11H2,1-3H3. The number of ether oxygens (including phenoxy) is 1. The second-order valence-corrected chi connectivity index (χ2v) is 6.29. The van der Waals surface area contributed by atoms with Crippen molar-refractivity contribution in [3.63, 3.8) is 0 Å². The summed E-state index contributed by atoms with van der Waals surface area (Å²) in [4.78, 5) is 14.8. The molecule has 0 aromatic heterocycles. The highest BCUT2D eigenvalue weighted by atomic mass is 16.5. The minimum atomic E-state index is -0.435. The molecule has 2 saturated heterocycles. The summed E-state index contributed by atoms with van der Waals surface area (Å²) in [6, 6.07) is 1.08. The topological polar surface area (TPSA) is 41.6 Å². The molecule has 4 heteroatoms. The fourth-order valence-corrected chi connectivity index (χ4v) is 3.75. The number of likely N-dealkylation sites (tertiary alicyclic amines) is 1. The minimum absolute atomic E-state index is 0.0668. The van der Waals surface area contributed by atoms with Crippen molar-refractivity contribution in [3.05, 3.63) is 0 Å². The molecular weight excluding hydrogens is 240 g/mol. The predicted octanol–water partition coefficient (Wildman–Crippen LogP) is 1.93. The lowest BCUT2D eigenvalue weighted by atomic mass is 9.82. The highest BCUT2D eigenvalue weighted by Crippen LogP contribution is 2.32. The Bertz CT molecular complexity index is 311. The molecule has 0 saturated carbocycles. The van der Waals surface area contributed by atoms with E-state index in [2.05, 4.69) is 24.1 Å². The van der Waals surface area contributed by atoms with Gasteiger partial charge >= 0.3 is 5.97 Å². The van der Waals surface area contributed by atoms with Gasteiger partial charge in [0.15, 0.2) is 0 Å². The van der Waals surface area contributed by atoms with Crippen LogP contribution in [0.3, 0.4) is 0 Å². The molecule has 0 amide bonds. The Labute approximate surface area is 116 Å². The first kappa shape index (κ1) is 14.8. The number of rotatable bonds is 4. The third-order valence-electron chi connectivity index (χ3n) is 4.74. The Balaban J connectivity index is 2.09. The van der Waals surface area contributed by atoms with Gasteiger partial charge in [-0.25, -0.2) is 0 Å². The summed E-state index contributed by atoms with van der Waals surface area (Å²) in [5.74, 6) is -0.0668. The number of hydrogen-bond acceptors (Lipinski definition) is 4. The van der Waals surface area contributed by atoms with E-state index in [4.69, 9.17) is 4.74 Å². The van der Waals surface area contributed by atoms with Gasteiger partial charge in [-0.2, -0.15) is 0 Å². The number of nitrogens with one attached hydrogen (secondary N) is 1. The van der Waals surface area contributed by atoms with Gasteiger partial charge in [-0.3, -0.25) is 9.69 Å². The molecule has 2 atom stereocenters. The molecule has 19 heavy (non-hydrogen) atoms. The van der Waals surface area contributed by atoms with Gasteiger partial charge in [0.05, 0.1) is 7.11 Å². The van der Waals surface area contributed by atoms with Crippen LogP contribution in [0, 0.1) is 0 Å². The minimum Gasteiger partial charge on any atom is -0.468 e. The highest BCUT2D eigenvalue weighted by molar-refractivity contribution is 5.81. The molecule has 2 aliphatic rings. The second-order valence-electron chi connectivity index (χ2n) is 6.29. The van der Waals surface area contributed by atoms with Crippen LogP contribution in [0.25, 0.3) is 0 Å². The zero-order valence-corrected chi connectivity index (χ0v) is 12.6. The van der Waals surface area contributed by atoms with Crippen molar-refractivity contribution < 1.29 is 9.53 Å². The first-order valence-electron chi connectivity index (χ1n) is 7.68. The Morgan fingerprint density at radius 3 is 2.79 bits per heavy atom. The molecular formula is C15H28N2O2. The van der Waals surface area contributed by atoms with Crippen molar-refractivity contribution in [1.82, 2.24) is 10.2 Å². The molecule has 0 aliphatic carbocycles. The molecule has 2 fully saturated rings. The highest BCUT2D eigenvalue weighted by Gasteiger charge is 2.44. The van der Waals surface area contributed by atoms with Crippen LogP contribution in [0.4, 0.5) is 0 Å². The summed E-state index contributed by atoms with van der Waals surface area (Å²) in [5.41, 5.74) is -0.435. The Morgan fingerprint density at radius 2 is 2.21 bits per heavy atom. The molecule has 2 rings (SSSR count). The van der Waals surface area contributed by atoms with Crippen LogP contribution >= 0.6 is 0 Å². The third kappa shape index (κ3) is 3.11. The third-order valence-corrected chi connectivity index (χ3v) is 4.74. The van der Waals surface area contributed by atoms with Gasteiger partial charge in [0.2, 0.25) is 0 Å². The summed E-state index contributed by atoms with van der Waals surface area (Å²) in [6.07, 6.45) is 6.56. The van der Waals surface area contributed by atoms with Crippen LogP contribution in [0.5, 0.6) is 0 Å². The summed E-state index contributed by atoms with van der Waals surface area (Å²) < 4.78 is 5.08. The number of carbonyl (C=O) groups excluding carboxylic acids is 1. The molecule has 2 aliphatic heterocycles. The summed E-state index contributed by atoms with van der Waals surface area (Å²) >= 11 is 0. The smallest absolute Gasteiger partial charge is 0.326 e. The largest absolute Gasteiger partial charge is 0.468 e. The van der Waals surface area contributed by atoms with E-state index in [-0.39, 0.29) is 5.97 Å². The molecule has 2 heterocycles. The van der Waals surface area contributed by atoms with Crippen molar-refractivity contribution in [2.24, 2.45) is 0 Å². The summed E-state index contributed by atoms with van der Waals surface area (Å²) in [5, 5.41) is 3.47. The SMILES string of the molecule is COC(=O)C1(CC2CCCN2C(C)C)CCCCN1. The summed E-state index contributed by atoms with van der Waals surface area (Å²) in [7, 11) is 1.51. The van der Waals surface area contributed by atoms with E-state index in [1.807, 2.05) is 0 Å². The van der Waals surface area contributed by atoms with E-state index >= 15 is 0 Å². The zero-order chi connectivity index (χ0) is 13.9. The monoisotopic (exact) mass is 268 g/mol. The van der Waals surface area contributed by atoms with Crippen LogP contribution < -0.4 is 5.32 Å². The van der Waals surface area contributed by atoms with Crippen LogP contribution in [0.15, 0.2) is 0 Å². The lowest BCUT2D eigenvalue weighted by Gasteiger charge is -2.40. The van der Waals surface area contributed by atoms with Crippen LogP contribution in [0.1, 0.15) is 52.4 Å². The fraction of sp³-hybridized carbons (Fsp3) is 0.933. The van der Waals surface area contributed by atoms with Gasteiger partial charge in [0.1, 0.15) is 5.54 Å². The van der Waals surface area contributed by atoms with Gasteiger partial charge in [-0.15, -0.1) is 0 Å². The van der Waals surface area contributed by atoms with Crippen molar-refractivity contribution in [1.29, 1.82) is 0 Å². The number of nitrogens with zero attached hydrogens (tertiary/aromatic N) is 1. The van der Waals surface area contributed by atoms with Gasteiger partial charge in [-0.1, -0.05) is 0 Å². The number of carbonyl (C=O) groups is 1. The van der Waals surface area contributed by atoms with E-state index in [9.17, 15) is 4.79 Å². The lowest BCUT2D eigenvalue weighted by Crippen LogP contribution is -2.58. The van der Waals surface area contributed by atoms with Gasteiger partial charge in [0, 0.05) is 12.1 Å². The van der Waals surface area contributed by atoms with Crippen LogP contribution in [-0.2, 0) is 9.53 Å². The van der Waals surface area contributed by atoms with Gasteiger partial charge < -0.3 is 10.1 Å². The zero-order valence-electron chi connectivity index (χ0n) is 12.6. The molecule has 0 spiro atoms. The summed E-state index contributed by atoms with van der Waals surface area (Å²) in [6.45, 7) is 6.60. The van der Waals surface area contributed by atoms with Crippen molar-refractivity contribution >= 4 is 5.97 Å². The van der Waals surface area contributed by atoms with Gasteiger partial charge in [0.25, 0.3) is 0 Å². The normalized spacial score (nSPS) is 32.7. The average molecular weight is 268 g/mol. The Hall–Kier alpha value is -0.610. The molecule has 2 unspecified atom stereocenters. The number of piperidine rings is 1. The van der Waals surface area contributed by atoms with Gasteiger partial charge in [-0.05, 0) is 65.5 Å². The van der Waals surface area contributed by atoms with E-state index < -0.39 is 5.54 Å². The Kier molecular flexibility index (Phi) is 4.85. The number of methoxy groups -OCH3 is 1. The van der Waals surface area contributed by atoms with E-state index in [1.165, 1.54) is 26.5 Å². The molecule has 1 N–H and O–H groups in total. The molecule has 0 aromatic carbocycles. The fourth-order valence-electron chi connectivity index (χ4n) is 3.75. The molecule has 4 nitrogen and oxygen atoms in total. The quantitative estimate of drug-likeness (QED) is 0.791. The molecule has 0 bridgehead atoms. The maximum atomic E-state index is 12.2. The average Bonchev–Trinajstić information content (AvgIpc) is 2.87. The molecule has 0 aromatic rings. The molecule has 0 radical (unpaired) electrons. The predicted molar refractivity (Wildman–Crippen MR) is 76.1 cm³/mol.